The molecule has 1 heterocycles. The molecule has 1 aromatic rings. The number of sulfonamides is 1. The van der Waals surface area contributed by atoms with E-state index in [-0.39, 0.29) is 12.3 Å². The molecule has 0 saturated carbocycles. The van der Waals surface area contributed by atoms with Crippen molar-refractivity contribution in [1.82, 2.24) is 4.72 Å². The molecule has 1 atom stereocenters. The molecule has 19 heavy (non-hydrogen) atoms. The molecule has 2 N–H and O–H groups in total. The lowest BCUT2D eigenvalue weighted by Crippen LogP contribution is -2.39. The molecule has 5 nitrogen and oxygen atoms in total. The molecular weight excluding hydrogens is 266 g/mol. The number of allylic oxidation sites excluding steroid dienone is 1. The highest BCUT2D eigenvalue weighted by Gasteiger charge is 2.29. The maximum atomic E-state index is 11.7. The smallest absolute Gasteiger partial charge is 0.212 e. The van der Waals surface area contributed by atoms with Crippen molar-refractivity contribution in [3.63, 3.8) is 0 Å². The highest BCUT2D eigenvalue weighted by atomic mass is 32.2. The van der Waals surface area contributed by atoms with Crippen molar-refractivity contribution in [3.8, 4) is 0 Å². The van der Waals surface area contributed by atoms with Crippen LogP contribution in [0.5, 0.6) is 0 Å². The summed E-state index contributed by atoms with van der Waals surface area (Å²) in [6, 6.07) is 1.72. The largest absolute Gasteiger partial charge is 0.466 e. The molecule has 0 amide bonds. The van der Waals surface area contributed by atoms with Crippen molar-refractivity contribution >= 4 is 10.0 Å². The van der Waals surface area contributed by atoms with Gasteiger partial charge in [-0.25, -0.2) is 13.1 Å². The molecule has 1 aromatic heterocycles. The van der Waals surface area contributed by atoms with Crippen molar-refractivity contribution in [2.75, 3.05) is 12.3 Å². The number of nitrogens with one attached hydrogen (secondary N) is 1. The third kappa shape index (κ3) is 4.49. The van der Waals surface area contributed by atoms with Gasteiger partial charge in [-0.15, -0.1) is 6.58 Å². The van der Waals surface area contributed by atoms with Crippen molar-refractivity contribution in [3.05, 3.63) is 35.8 Å². The fourth-order valence-electron chi connectivity index (χ4n) is 1.82. The van der Waals surface area contributed by atoms with Crippen molar-refractivity contribution < 1.29 is 17.9 Å². The van der Waals surface area contributed by atoms with Crippen LogP contribution < -0.4 is 4.72 Å². The fourth-order valence-corrected chi connectivity index (χ4v) is 2.94. The van der Waals surface area contributed by atoms with E-state index in [1.165, 1.54) is 0 Å². The number of hydrogen-bond donors (Lipinski definition) is 2. The summed E-state index contributed by atoms with van der Waals surface area (Å²) in [5.74, 6) is 1.24. The first-order chi connectivity index (χ1) is 8.68. The molecule has 108 valence electrons. The predicted molar refractivity (Wildman–Crippen MR) is 74.4 cm³/mol. The van der Waals surface area contributed by atoms with E-state index in [4.69, 9.17) is 4.42 Å². The minimum Gasteiger partial charge on any atom is -0.466 e. The van der Waals surface area contributed by atoms with E-state index in [0.717, 1.165) is 0 Å². The zero-order valence-electron chi connectivity index (χ0n) is 11.6. The molecular formula is C13H21NO4S. The van der Waals surface area contributed by atoms with Crippen LogP contribution in [0.3, 0.4) is 0 Å². The first-order valence-corrected chi connectivity index (χ1v) is 7.71. The molecule has 1 unspecified atom stereocenters. The number of aliphatic hydroxyl groups is 1. The Morgan fingerprint density at radius 2 is 2.16 bits per heavy atom. The van der Waals surface area contributed by atoms with E-state index in [2.05, 4.69) is 11.3 Å². The topological polar surface area (TPSA) is 79.5 Å². The van der Waals surface area contributed by atoms with Crippen LogP contribution in [-0.4, -0.2) is 25.8 Å². The third-order valence-electron chi connectivity index (χ3n) is 2.85. The second kappa shape index (κ2) is 5.90. The van der Waals surface area contributed by atoms with E-state index < -0.39 is 15.6 Å². The van der Waals surface area contributed by atoms with Crippen LogP contribution in [0.4, 0.5) is 0 Å². The Labute approximate surface area is 114 Å². The minimum atomic E-state index is -3.40. The molecule has 0 radical (unpaired) electrons. The molecule has 6 heteroatoms. The highest BCUT2D eigenvalue weighted by Crippen LogP contribution is 2.26. The number of hydrogen-bond acceptors (Lipinski definition) is 4. The van der Waals surface area contributed by atoms with E-state index in [1.807, 2.05) is 0 Å². The Morgan fingerprint density at radius 3 is 2.63 bits per heavy atom. The summed E-state index contributed by atoms with van der Waals surface area (Å²) in [7, 11) is -3.40. The van der Waals surface area contributed by atoms with Gasteiger partial charge in [0.1, 0.15) is 17.1 Å². The van der Waals surface area contributed by atoms with Crippen LogP contribution in [0.2, 0.25) is 0 Å². The Bertz CT molecular complexity index is 543. The zero-order chi connectivity index (χ0) is 14.7. The SMILES string of the molecule is C=CCCS(=O)(=O)NCC(C)(O)c1cc(C)oc1C. The van der Waals surface area contributed by atoms with Crippen LogP contribution in [0.25, 0.3) is 0 Å². The monoisotopic (exact) mass is 287 g/mol. The van der Waals surface area contributed by atoms with E-state index in [9.17, 15) is 13.5 Å². The van der Waals surface area contributed by atoms with Gasteiger partial charge in [0.25, 0.3) is 0 Å². The van der Waals surface area contributed by atoms with Gasteiger partial charge in [-0.3, -0.25) is 0 Å². The lowest BCUT2D eigenvalue weighted by Gasteiger charge is -2.23. The number of rotatable bonds is 7. The minimum absolute atomic E-state index is 0.0318. The average molecular weight is 287 g/mol. The number of aryl methyl sites for hydroxylation is 2. The lowest BCUT2D eigenvalue weighted by atomic mass is 9.97. The first kappa shape index (κ1) is 15.9. The van der Waals surface area contributed by atoms with Gasteiger partial charge >= 0.3 is 0 Å². The number of furan rings is 1. The zero-order valence-corrected chi connectivity index (χ0v) is 12.4. The van der Waals surface area contributed by atoms with Gasteiger partial charge in [-0.2, -0.15) is 0 Å². The Balaban J connectivity index is 2.75. The van der Waals surface area contributed by atoms with E-state index in [0.29, 0.717) is 23.5 Å². The maximum Gasteiger partial charge on any atom is 0.212 e. The fraction of sp³-hybridized carbons (Fsp3) is 0.538. The summed E-state index contributed by atoms with van der Waals surface area (Å²) in [4.78, 5) is 0. The lowest BCUT2D eigenvalue weighted by molar-refractivity contribution is 0.0612. The third-order valence-corrected chi connectivity index (χ3v) is 4.21. The van der Waals surface area contributed by atoms with Gasteiger partial charge in [0, 0.05) is 12.1 Å². The van der Waals surface area contributed by atoms with Crippen LogP contribution in [-0.2, 0) is 15.6 Å². The van der Waals surface area contributed by atoms with Crippen LogP contribution in [0, 0.1) is 13.8 Å². The van der Waals surface area contributed by atoms with Gasteiger partial charge in [0.05, 0.1) is 5.75 Å². The molecule has 0 bridgehead atoms. The quantitative estimate of drug-likeness (QED) is 0.747. The summed E-state index contributed by atoms with van der Waals surface area (Å²) >= 11 is 0. The van der Waals surface area contributed by atoms with Crippen LogP contribution in [0.1, 0.15) is 30.4 Å². The van der Waals surface area contributed by atoms with Crippen molar-refractivity contribution in [1.29, 1.82) is 0 Å². The van der Waals surface area contributed by atoms with Gasteiger partial charge in [-0.05, 0) is 33.3 Å². The normalized spacial score (nSPS) is 15.2. The van der Waals surface area contributed by atoms with E-state index >= 15 is 0 Å². The highest BCUT2D eigenvalue weighted by molar-refractivity contribution is 7.89. The molecule has 0 aliphatic carbocycles. The summed E-state index contributed by atoms with van der Waals surface area (Å²) in [5.41, 5.74) is -0.709. The maximum absolute atomic E-state index is 11.7. The Hall–Kier alpha value is -1.11. The molecule has 0 spiro atoms. The summed E-state index contributed by atoms with van der Waals surface area (Å²) < 4.78 is 31.1. The average Bonchev–Trinajstić information content (AvgIpc) is 2.65. The standard InChI is InChI=1S/C13H21NO4S/c1-5-6-7-19(16,17)14-9-13(4,15)12-8-10(2)18-11(12)3/h5,8,14-15H,1,6-7,9H2,2-4H3. The molecule has 0 aromatic carbocycles. The van der Waals surface area contributed by atoms with Gasteiger partial charge < -0.3 is 9.52 Å². The van der Waals surface area contributed by atoms with Crippen LogP contribution in [0.15, 0.2) is 23.1 Å². The predicted octanol–water partition coefficient (Wildman–Crippen LogP) is 1.60. The van der Waals surface area contributed by atoms with Crippen molar-refractivity contribution in [2.24, 2.45) is 0 Å². The second-order valence-corrected chi connectivity index (χ2v) is 6.74. The summed E-state index contributed by atoms with van der Waals surface area (Å²) in [6.07, 6.45) is 1.92. The molecule has 0 fully saturated rings. The molecule has 1 rings (SSSR count). The Kier molecular flexibility index (Phi) is 4.95. The molecule has 0 aliphatic rings. The second-order valence-electron chi connectivity index (χ2n) is 4.82. The molecule has 0 aliphatic heterocycles. The van der Waals surface area contributed by atoms with Gasteiger partial charge in [-0.1, -0.05) is 6.08 Å². The first-order valence-electron chi connectivity index (χ1n) is 6.06. The van der Waals surface area contributed by atoms with Gasteiger partial charge in [0.15, 0.2) is 0 Å². The van der Waals surface area contributed by atoms with Gasteiger partial charge in [0.2, 0.25) is 10.0 Å². The van der Waals surface area contributed by atoms with E-state index in [1.54, 1.807) is 32.9 Å². The summed E-state index contributed by atoms with van der Waals surface area (Å²) in [6.45, 7) is 8.46. The van der Waals surface area contributed by atoms with Crippen molar-refractivity contribution in [2.45, 2.75) is 32.8 Å². The molecule has 0 saturated heterocycles. The summed E-state index contributed by atoms with van der Waals surface area (Å²) in [5, 5.41) is 10.4. The Morgan fingerprint density at radius 1 is 1.53 bits per heavy atom. The van der Waals surface area contributed by atoms with Crippen LogP contribution >= 0.6 is 0 Å².